The predicted octanol–water partition coefficient (Wildman–Crippen LogP) is 3.43. The van der Waals surface area contributed by atoms with Gasteiger partial charge >= 0.3 is 0 Å². The van der Waals surface area contributed by atoms with Crippen molar-refractivity contribution in [3.8, 4) is 0 Å². The first-order valence-electron chi connectivity index (χ1n) is 5.78. The summed E-state index contributed by atoms with van der Waals surface area (Å²) in [4.78, 5) is 0. The Morgan fingerprint density at radius 1 is 1.47 bits per heavy atom. The number of rotatable bonds is 3. The molecule has 0 bridgehead atoms. The number of hydrogen-bond donors (Lipinski definition) is 1. The summed E-state index contributed by atoms with van der Waals surface area (Å²) in [5.74, 6) is 0. The monoisotopic (exact) mass is 318 g/mol. The second-order valence-electron chi connectivity index (χ2n) is 4.73. The normalized spacial score (nSPS) is 24.9. The van der Waals surface area contributed by atoms with Gasteiger partial charge in [0.15, 0.2) is 0 Å². The van der Waals surface area contributed by atoms with Crippen LogP contribution in [0, 0.1) is 5.41 Å². The van der Waals surface area contributed by atoms with Gasteiger partial charge in [-0.1, -0.05) is 33.6 Å². The molecule has 1 aliphatic heterocycles. The number of benzene rings is 1. The topological polar surface area (TPSA) is 29.5 Å². The van der Waals surface area contributed by atoms with E-state index in [1.54, 1.807) is 0 Å². The molecule has 1 aromatic carbocycles. The number of aliphatic hydroxyl groups is 1. The molecule has 1 saturated heterocycles. The predicted molar refractivity (Wildman–Crippen MR) is 72.4 cm³/mol. The van der Waals surface area contributed by atoms with Crippen molar-refractivity contribution in [2.45, 2.75) is 19.3 Å². The molecular weight excluding hydrogens is 303 g/mol. The molecule has 1 aromatic rings. The highest BCUT2D eigenvalue weighted by Gasteiger charge is 2.33. The lowest BCUT2D eigenvalue weighted by Gasteiger charge is -2.35. The van der Waals surface area contributed by atoms with Gasteiger partial charge in [-0.05, 0) is 37.0 Å². The minimum Gasteiger partial charge on any atom is -0.396 e. The van der Waals surface area contributed by atoms with E-state index >= 15 is 0 Å². The van der Waals surface area contributed by atoms with Gasteiger partial charge in [0.2, 0.25) is 0 Å². The molecule has 1 unspecified atom stereocenters. The maximum atomic E-state index is 9.62. The van der Waals surface area contributed by atoms with Crippen LogP contribution in [0.4, 0.5) is 0 Å². The van der Waals surface area contributed by atoms with Crippen LogP contribution in [0.15, 0.2) is 22.7 Å². The van der Waals surface area contributed by atoms with Crippen molar-refractivity contribution in [3.63, 3.8) is 0 Å². The van der Waals surface area contributed by atoms with Gasteiger partial charge < -0.3 is 9.84 Å². The summed E-state index contributed by atoms with van der Waals surface area (Å²) in [6, 6.07) is 5.89. The zero-order chi connectivity index (χ0) is 12.3. The van der Waals surface area contributed by atoms with E-state index in [2.05, 4.69) is 15.9 Å². The fourth-order valence-electron chi connectivity index (χ4n) is 2.30. The van der Waals surface area contributed by atoms with Crippen LogP contribution in [-0.2, 0) is 11.2 Å². The van der Waals surface area contributed by atoms with Crippen molar-refractivity contribution < 1.29 is 9.84 Å². The van der Waals surface area contributed by atoms with E-state index in [4.69, 9.17) is 16.3 Å². The Labute approximate surface area is 115 Å². The lowest BCUT2D eigenvalue weighted by atomic mass is 9.78. The van der Waals surface area contributed by atoms with Gasteiger partial charge in [0.25, 0.3) is 0 Å². The van der Waals surface area contributed by atoms with Gasteiger partial charge in [0.05, 0.1) is 13.2 Å². The summed E-state index contributed by atoms with van der Waals surface area (Å²) in [7, 11) is 0. The minimum atomic E-state index is -0.157. The molecule has 94 valence electrons. The van der Waals surface area contributed by atoms with Crippen molar-refractivity contribution in [1.29, 1.82) is 0 Å². The maximum absolute atomic E-state index is 9.62. The Balaban J connectivity index is 2.17. The lowest BCUT2D eigenvalue weighted by molar-refractivity contribution is -0.0378. The Morgan fingerprint density at radius 2 is 2.29 bits per heavy atom. The molecule has 2 rings (SSSR count). The molecule has 1 heterocycles. The summed E-state index contributed by atoms with van der Waals surface area (Å²) in [5, 5.41) is 10.4. The maximum Gasteiger partial charge on any atom is 0.0547 e. The van der Waals surface area contributed by atoms with Crippen LogP contribution in [0.2, 0.25) is 5.02 Å². The molecule has 0 spiro atoms. The van der Waals surface area contributed by atoms with Crippen molar-refractivity contribution in [3.05, 3.63) is 33.3 Å². The van der Waals surface area contributed by atoms with E-state index in [1.165, 1.54) is 0 Å². The number of aliphatic hydroxyl groups excluding tert-OH is 1. The van der Waals surface area contributed by atoms with E-state index in [1.807, 2.05) is 18.2 Å². The lowest BCUT2D eigenvalue weighted by Crippen LogP contribution is -2.37. The molecule has 1 N–H and O–H groups in total. The van der Waals surface area contributed by atoms with Crippen molar-refractivity contribution in [2.75, 3.05) is 19.8 Å². The Bertz CT molecular complexity index is 389. The summed E-state index contributed by atoms with van der Waals surface area (Å²) in [6.07, 6.45) is 2.78. The molecule has 0 saturated carbocycles. The third-order valence-electron chi connectivity index (χ3n) is 3.32. The van der Waals surface area contributed by atoms with Gasteiger partial charge in [0.1, 0.15) is 0 Å². The quantitative estimate of drug-likeness (QED) is 0.925. The zero-order valence-electron chi connectivity index (χ0n) is 9.59. The van der Waals surface area contributed by atoms with E-state index in [9.17, 15) is 5.11 Å². The molecule has 0 radical (unpaired) electrons. The smallest absolute Gasteiger partial charge is 0.0547 e. The first-order valence-corrected chi connectivity index (χ1v) is 6.95. The van der Waals surface area contributed by atoms with Crippen molar-refractivity contribution >= 4 is 27.5 Å². The first kappa shape index (κ1) is 13.3. The molecule has 1 atom stereocenters. The molecule has 2 nitrogen and oxygen atoms in total. The Hall–Kier alpha value is -0.0900. The van der Waals surface area contributed by atoms with E-state index < -0.39 is 0 Å². The third kappa shape index (κ3) is 3.22. The highest BCUT2D eigenvalue weighted by Crippen LogP contribution is 2.34. The van der Waals surface area contributed by atoms with Crippen LogP contribution >= 0.6 is 27.5 Å². The molecule has 1 fully saturated rings. The summed E-state index contributed by atoms with van der Waals surface area (Å²) < 4.78 is 6.48. The molecule has 4 heteroatoms. The highest BCUT2D eigenvalue weighted by atomic mass is 79.9. The number of ether oxygens (including phenoxy) is 1. The van der Waals surface area contributed by atoms with Crippen molar-refractivity contribution in [1.82, 2.24) is 0 Å². The number of halogens is 2. The van der Waals surface area contributed by atoms with E-state index in [0.29, 0.717) is 6.61 Å². The van der Waals surface area contributed by atoms with E-state index in [-0.39, 0.29) is 12.0 Å². The fourth-order valence-corrected chi connectivity index (χ4v) is 3.04. The number of hydrogen-bond acceptors (Lipinski definition) is 2. The molecule has 0 aromatic heterocycles. The molecule has 17 heavy (non-hydrogen) atoms. The summed E-state index contributed by atoms with van der Waals surface area (Å²) in [6.45, 7) is 1.57. The van der Waals surface area contributed by atoms with Crippen molar-refractivity contribution in [2.24, 2.45) is 5.41 Å². The van der Waals surface area contributed by atoms with Crippen LogP contribution in [0.5, 0.6) is 0 Å². The summed E-state index contributed by atoms with van der Waals surface area (Å²) in [5.41, 5.74) is 0.921. The molecule has 0 aliphatic carbocycles. The van der Waals surface area contributed by atoms with E-state index in [0.717, 1.165) is 40.9 Å². The van der Waals surface area contributed by atoms with Crippen LogP contribution in [0.3, 0.4) is 0 Å². The average molecular weight is 320 g/mol. The average Bonchev–Trinajstić information content (AvgIpc) is 2.34. The molecule has 1 aliphatic rings. The Morgan fingerprint density at radius 3 is 2.88 bits per heavy atom. The van der Waals surface area contributed by atoms with Crippen LogP contribution < -0.4 is 0 Å². The highest BCUT2D eigenvalue weighted by molar-refractivity contribution is 9.10. The Kier molecular flexibility index (Phi) is 4.47. The SMILES string of the molecule is OCC1(Cc2ccc(Br)cc2Cl)CCCOC1. The van der Waals surface area contributed by atoms with Crippen LogP contribution in [-0.4, -0.2) is 24.9 Å². The third-order valence-corrected chi connectivity index (χ3v) is 4.17. The van der Waals surface area contributed by atoms with Gasteiger partial charge in [-0.25, -0.2) is 0 Å². The largest absolute Gasteiger partial charge is 0.396 e. The minimum absolute atomic E-state index is 0.152. The molecule has 0 amide bonds. The van der Waals surface area contributed by atoms with Gasteiger partial charge in [-0.2, -0.15) is 0 Å². The standard InChI is InChI=1S/C13H16BrClO2/c14-11-3-2-10(12(15)6-11)7-13(8-16)4-1-5-17-9-13/h2-3,6,16H,1,4-5,7-9H2. The van der Waals surface area contributed by atoms with Gasteiger partial charge in [0, 0.05) is 21.5 Å². The van der Waals surface area contributed by atoms with Crippen LogP contribution in [0.25, 0.3) is 0 Å². The summed E-state index contributed by atoms with van der Waals surface area (Å²) >= 11 is 9.61. The second-order valence-corrected chi connectivity index (χ2v) is 6.05. The van der Waals surface area contributed by atoms with Gasteiger partial charge in [-0.3, -0.25) is 0 Å². The fraction of sp³-hybridized carbons (Fsp3) is 0.538. The van der Waals surface area contributed by atoms with Crippen LogP contribution in [0.1, 0.15) is 18.4 Å². The van der Waals surface area contributed by atoms with Gasteiger partial charge in [-0.15, -0.1) is 0 Å². The first-order chi connectivity index (χ1) is 8.15. The second kappa shape index (κ2) is 5.70. The zero-order valence-corrected chi connectivity index (χ0v) is 11.9. The molecular formula is C13H16BrClO2.